The number of aliphatic carboxylic acids is 1. The van der Waals surface area contributed by atoms with Crippen molar-refractivity contribution in [2.75, 3.05) is 6.54 Å². The summed E-state index contributed by atoms with van der Waals surface area (Å²) in [7, 11) is 0. The first-order valence-electron chi connectivity index (χ1n) is 9.08. The third-order valence-electron chi connectivity index (χ3n) is 5.51. The van der Waals surface area contributed by atoms with Crippen molar-refractivity contribution in [3.8, 4) is 0 Å². The Labute approximate surface area is 152 Å². The van der Waals surface area contributed by atoms with Crippen LogP contribution in [0.1, 0.15) is 44.8 Å². The summed E-state index contributed by atoms with van der Waals surface area (Å²) in [6, 6.07) is -0.843. The number of aromatic nitrogens is 3. The van der Waals surface area contributed by atoms with Gasteiger partial charge in [-0.1, -0.05) is 13.8 Å². The predicted molar refractivity (Wildman–Crippen MR) is 90.9 cm³/mol. The molecule has 2 atom stereocenters. The second-order valence-corrected chi connectivity index (χ2v) is 7.01. The lowest BCUT2D eigenvalue weighted by atomic mass is 10.0. The second kappa shape index (κ2) is 7.05. The van der Waals surface area contributed by atoms with E-state index in [0.717, 1.165) is 12.8 Å². The third kappa shape index (κ3) is 3.06. The number of carboxylic acid groups (broad SMARTS) is 1. The fraction of sp³-hybridized carbons (Fsp3) is 0.706. The van der Waals surface area contributed by atoms with Crippen molar-refractivity contribution < 1.29 is 19.5 Å². The van der Waals surface area contributed by atoms with Gasteiger partial charge in [-0.3, -0.25) is 9.59 Å². The van der Waals surface area contributed by atoms with Crippen LogP contribution in [-0.4, -0.2) is 66.1 Å². The van der Waals surface area contributed by atoms with Gasteiger partial charge in [-0.05, 0) is 19.8 Å². The lowest BCUT2D eigenvalue weighted by Crippen LogP contribution is -2.52. The smallest absolute Gasteiger partial charge is 0.328 e. The van der Waals surface area contributed by atoms with Crippen LogP contribution in [0.25, 0.3) is 0 Å². The molecule has 0 spiro atoms. The van der Waals surface area contributed by atoms with Gasteiger partial charge in [0.2, 0.25) is 11.8 Å². The van der Waals surface area contributed by atoms with Crippen LogP contribution in [0.2, 0.25) is 0 Å². The first-order valence-corrected chi connectivity index (χ1v) is 9.08. The van der Waals surface area contributed by atoms with Crippen LogP contribution in [0.5, 0.6) is 0 Å². The van der Waals surface area contributed by atoms with Crippen molar-refractivity contribution >= 4 is 17.8 Å². The van der Waals surface area contributed by atoms with Crippen LogP contribution < -0.4 is 0 Å². The molecule has 3 heterocycles. The number of aryl methyl sites for hydroxylation is 1. The van der Waals surface area contributed by atoms with Crippen molar-refractivity contribution in [1.82, 2.24) is 24.6 Å². The van der Waals surface area contributed by atoms with Crippen molar-refractivity contribution in [3.63, 3.8) is 0 Å². The highest BCUT2D eigenvalue weighted by Crippen LogP contribution is 2.27. The van der Waals surface area contributed by atoms with E-state index in [0.29, 0.717) is 18.2 Å². The van der Waals surface area contributed by atoms with Gasteiger partial charge >= 0.3 is 5.97 Å². The maximum Gasteiger partial charge on any atom is 0.328 e. The molecule has 0 aliphatic carbocycles. The standard InChI is InChI=1S/C17H25N5O4/c1-4-12(5-2)21-7-11(6-15(21)23)16(24)22-9-14-19-18-10(3)20(14)8-13(22)17(25)26/h11-13H,4-9H2,1-3H3,(H,25,26). The minimum Gasteiger partial charge on any atom is -0.480 e. The van der Waals surface area contributed by atoms with E-state index >= 15 is 0 Å². The predicted octanol–water partition coefficient (Wildman–Crippen LogP) is 0.419. The Hall–Kier alpha value is -2.45. The minimum atomic E-state index is -1.06. The summed E-state index contributed by atoms with van der Waals surface area (Å²) in [5, 5.41) is 17.6. The lowest BCUT2D eigenvalue weighted by Gasteiger charge is -2.35. The molecule has 9 nitrogen and oxygen atoms in total. The quantitative estimate of drug-likeness (QED) is 0.812. The molecule has 2 amide bonds. The average molecular weight is 363 g/mol. The first-order chi connectivity index (χ1) is 12.4. The molecule has 0 radical (unpaired) electrons. The van der Waals surface area contributed by atoms with Gasteiger partial charge in [0, 0.05) is 19.0 Å². The molecule has 0 bridgehead atoms. The van der Waals surface area contributed by atoms with Crippen LogP contribution in [0.4, 0.5) is 0 Å². The highest BCUT2D eigenvalue weighted by Gasteiger charge is 2.43. The summed E-state index contributed by atoms with van der Waals surface area (Å²) < 4.78 is 1.73. The number of nitrogens with zero attached hydrogens (tertiary/aromatic N) is 5. The van der Waals surface area contributed by atoms with Gasteiger partial charge in [-0.2, -0.15) is 0 Å². The summed E-state index contributed by atoms with van der Waals surface area (Å²) in [6.45, 7) is 6.40. The third-order valence-corrected chi connectivity index (χ3v) is 5.51. The highest BCUT2D eigenvalue weighted by molar-refractivity contribution is 5.91. The summed E-state index contributed by atoms with van der Waals surface area (Å²) in [5.74, 6) is -0.659. The first kappa shape index (κ1) is 18.3. The molecule has 1 fully saturated rings. The normalized spacial score (nSPS) is 22.8. The zero-order valence-corrected chi connectivity index (χ0v) is 15.4. The molecule has 1 aromatic rings. The zero-order chi connectivity index (χ0) is 19.0. The molecule has 1 N–H and O–H groups in total. The van der Waals surface area contributed by atoms with Crippen LogP contribution in [0.15, 0.2) is 0 Å². The number of likely N-dealkylation sites (tertiary alicyclic amines) is 1. The van der Waals surface area contributed by atoms with Crippen LogP contribution >= 0.6 is 0 Å². The number of hydrogen-bond donors (Lipinski definition) is 1. The van der Waals surface area contributed by atoms with E-state index in [1.54, 1.807) is 16.4 Å². The molecular weight excluding hydrogens is 338 g/mol. The minimum absolute atomic E-state index is 0.0278. The molecule has 2 aliphatic rings. The number of amides is 2. The number of rotatable bonds is 5. The summed E-state index contributed by atoms with van der Waals surface area (Å²) >= 11 is 0. The molecule has 0 aromatic carbocycles. The average Bonchev–Trinajstić information content (AvgIpc) is 3.18. The SMILES string of the molecule is CCC(CC)N1CC(C(=O)N2Cc3nnc(C)n3CC2C(=O)O)CC1=O. The topological polar surface area (TPSA) is 109 Å². The number of fused-ring (bicyclic) bond motifs is 1. The van der Waals surface area contributed by atoms with Crippen molar-refractivity contribution in [1.29, 1.82) is 0 Å². The van der Waals surface area contributed by atoms with Gasteiger partial charge in [0.05, 0.1) is 19.0 Å². The van der Waals surface area contributed by atoms with E-state index in [4.69, 9.17) is 0 Å². The fourth-order valence-corrected chi connectivity index (χ4v) is 3.97. The van der Waals surface area contributed by atoms with Crippen LogP contribution in [0, 0.1) is 12.8 Å². The van der Waals surface area contributed by atoms with Gasteiger partial charge in [-0.25, -0.2) is 4.79 Å². The molecule has 0 saturated carbocycles. The van der Waals surface area contributed by atoms with Gasteiger partial charge in [0.25, 0.3) is 0 Å². The molecule has 3 rings (SSSR count). The molecule has 2 unspecified atom stereocenters. The van der Waals surface area contributed by atoms with Crippen molar-refractivity contribution in [2.45, 2.75) is 65.2 Å². The monoisotopic (exact) mass is 363 g/mol. The van der Waals surface area contributed by atoms with Gasteiger partial charge in [0.1, 0.15) is 11.9 Å². The summed E-state index contributed by atoms with van der Waals surface area (Å²) in [5.41, 5.74) is 0. The van der Waals surface area contributed by atoms with Crippen molar-refractivity contribution in [3.05, 3.63) is 11.6 Å². The molecule has 26 heavy (non-hydrogen) atoms. The lowest BCUT2D eigenvalue weighted by molar-refractivity contribution is -0.154. The zero-order valence-electron chi connectivity index (χ0n) is 15.4. The van der Waals surface area contributed by atoms with Gasteiger partial charge in [-0.15, -0.1) is 10.2 Å². The van der Waals surface area contributed by atoms with Crippen LogP contribution in [-0.2, 0) is 27.5 Å². The van der Waals surface area contributed by atoms with E-state index < -0.39 is 17.9 Å². The van der Waals surface area contributed by atoms with Gasteiger partial charge in [0.15, 0.2) is 5.82 Å². The largest absolute Gasteiger partial charge is 0.480 e. The molecule has 1 saturated heterocycles. The Balaban J connectivity index is 1.80. The van der Waals surface area contributed by atoms with E-state index in [-0.39, 0.29) is 37.4 Å². The van der Waals surface area contributed by atoms with Gasteiger partial charge < -0.3 is 19.5 Å². The fourth-order valence-electron chi connectivity index (χ4n) is 3.97. The Morgan fingerprint density at radius 1 is 1.23 bits per heavy atom. The van der Waals surface area contributed by atoms with E-state index in [1.807, 2.05) is 13.8 Å². The Kier molecular flexibility index (Phi) is 4.97. The molecule has 142 valence electrons. The summed E-state index contributed by atoms with van der Waals surface area (Å²) in [6.07, 6.45) is 1.82. The van der Waals surface area contributed by atoms with Crippen molar-refractivity contribution in [2.24, 2.45) is 5.92 Å². The Morgan fingerprint density at radius 2 is 1.92 bits per heavy atom. The molecular formula is C17H25N5O4. The number of hydrogen-bond acceptors (Lipinski definition) is 5. The number of carbonyl (C=O) groups excluding carboxylic acids is 2. The summed E-state index contributed by atoms with van der Waals surface area (Å²) in [4.78, 5) is 40.3. The van der Waals surface area contributed by atoms with Crippen LogP contribution in [0.3, 0.4) is 0 Å². The maximum atomic E-state index is 13.0. The molecule has 2 aliphatic heterocycles. The Bertz CT molecular complexity index is 727. The Morgan fingerprint density at radius 3 is 2.54 bits per heavy atom. The molecule has 1 aromatic heterocycles. The molecule has 9 heteroatoms. The van der Waals surface area contributed by atoms with E-state index in [9.17, 15) is 19.5 Å². The maximum absolute atomic E-state index is 13.0. The van der Waals surface area contributed by atoms with E-state index in [2.05, 4.69) is 10.2 Å². The van der Waals surface area contributed by atoms with E-state index in [1.165, 1.54) is 4.90 Å². The second-order valence-electron chi connectivity index (χ2n) is 7.01. The number of carboxylic acids is 1. The highest BCUT2D eigenvalue weighted by atomic mass is 16.4. The number of carbonyl (C=O) groups is 3.